The highest BCUT2D eigenvalue weighted by Crippen LogP contribution is 2.31. The van der Waals surface area contributed by atoms with Crippen LogP contribution in [-0.2, 0) is 7.05 Å². The Bertz CT molecular complexity index is 544. The van der Waals surface area contributed by atoms with Crippen molar-refractivity contribution in [3.05, 3.63) is 27.9 Å². The quantitative estimate of drug-likeness (QED) is 0.651. The molecule has 1 aromatic heterocycles. The molecule has 2 N–H and O–H groups in total. The van der Waals surface area contributed by atoms with Crippen LogP contribution in [0.2, 0.25) is 0 Å². The Kier molecular flexibility index (Phi) is 4.32. The zero-order chi connectivity index (χ0) is 15.6. The van der Waals surface area contributed by atoms with Gasteiger partial charge in [-0.05, 0) is 42.6 Å². The molecular weight excluding hydrogens is 274 g/mol. The van der Waals surface area contributed by atoms with E-state index in [-0.39, 0.29) is 18.1 Å². The summed E-state index contributed by atoms with van der Waals surface area (Å²) in [5.41, 5.74) is -0.645. The number of aliphatic hydroxyl groups is 1. The molecule has 2 rings (SSSR count). The van der Waals surface area contributed by atoms with Gasteiger partial charge in [-0.15, -0.1) is 0 Å². The van der Waals surface area contributed by atoms with E-state index >= 15 is 0 Å². The lowest BCUT2D eigenvalue weighted by molar-refractivity contribution is -0.391. The Labute approximate surface area is 123 Å². The molecule has 1 amide bonds. The molecule has 0 saturated heterocycles. The molecule has 1 heterocycles. The second kappa shape index (κ2) is 5.85. The summed E-state index contributed by atoms with van der Waals surface area (Å²) in [6.45, 7) is 2.33. The Morgan fingerprint density at radius 3 is 2.67 bits per heavy atom. The van der Waals surface area contributed by atoms with Gasteiger partial charge in [-0.2, -0.15) is 0 Å². The minimum absolute atomic E-state index is 0.134. The van der Waals surface area contributed by atoms with Crippen LogP contribution in [0, 0.1) is 16.0 Å². The van der Waals surface area contributed by atoms with Crippen LogP contribution in [-0.4, -0.2) is 32.6 Å². The molecule has 7 heteroatoms. The molecule has 1 saturated carbocycles. The van der Waals surface area contributed by atoms with Gasteiger partial charge in [-0.1, -0.05) is 6.92 Å². The summed E-state index contributed by atoms with van der Waals surface area (Å²) in [5.74, 6) is 0.0690. The number of aromatic nitrogens is 1. The number of nitrogens with one attached hydrogen (secondary N) is 1. The van der Waals surface area contributed by atoms with Gasteiger partial charge in [-0.3, -0.25) is 4.79 Å². The summed E-state index contributed by atoms with van der Waals surface area (Å²) in [4.78, 5) is 22.3. The summed E-state index contributed by atoms with van der Waals surface area (Å²) in [7, 11) is 1.48. The van der Waals surface area contributed by atoms with E-state index in [0.717, 1.165) is 12.8 Å². The summed E-state index contributed by atoms with van der Waals surface area (Å²) >= 11 is 0. The van der Waals surface area contributed by atoms with Gasteiger partial charge < -0.3 is 20.5 Å². The van der Waals surface area contributed by atoms with Crippen LogP contribution in [0.4, 0.5) is 5.82 Å². The third-order valence-electron chi connectivity index (χ3n) is 4.30. The molecule has 0 bridgehead atoms. The lowest BCUT2D eigenvalue weighted by Crippen LogP contribution is -2.45. The highest BCUT2D eigenvalue weighted by molar-refractivity contribution is 5.93. The van der Waals surface area contributed by atoms with E-state index in [1.807, 2.05) is 0 Å². The lowest BCUT2D eigenvalue weighted by Gasteiger charge is -2.34. The third kappa shape index (κ3) is 3.41. The van der Waals surface area contributed by atoms with Crippen molar-refractivity contribution in [2.45, 2.75) is 38.2 Å². The number of carbonyl (C=O) groups excluding carboxylic acids is 1. The Morgan fingerprint density at radius 1 is 1.52 bits per heavy atom. The number of nitrogens with zero attached hydrogens (tertiary/aromatic N) is 2. The van der Waals surface area contributed by atoms with E-state index in [1.165, 1.54) is 23.7 Å². The van der Waals surface area contributed by atoms with Gasteiger partial charge in [0.2, 0.25) is 0 Å². The molecule has 0 aliphatic heterocycles. The number of hydrogen-bond donors (Lipinski definition) is 2. The molecule has 1 aliphatic carbocycles. The second-order valence-corrected chi connectivity index (χ2v) is 5.98. The normalized spacial score (nSPS) is 25.6. The van der Waals surface area contributed by atoms with Crippen LogP contribution >= 0.6 is 0 Å². The summed E-state index contributed by atoms with van der Waals surface area (Å²) < 4.78 is 1.24. The van der Waals surface area contributed by atoms with Crippen LogP contribution in [0.5, 0.6) is 0 Å². The predicted octanol–water partition coefficient (Wildman–Crippen LogP) is 1.60. The molecule has 21 heavy (non-hydrogen) atoms. The SMILES string of the molecule is CC1CCC(O)(CNC(=O)c2ccc([N+](=O)[O-])n2C)CC1. The average Bonchev–Trinajstić information content (AvgIpc) is 2.82. The molecule has 0 unspecified atom stereocenters. The predicted molar refractivity (Wildman–Crippen MR) is 77.0 cm³/mol. The van der Waals surface area contributed by atoms with Gasteiger partial charge in [0.1, 0.15) is 0 Å². The molecule has 0 radical (unpaired) electrons. The number of nitro groups is 1. The second-order valence-electron chi connectivity index (χ2n) is 5.98. The van der Waals surface area contributed by atoms with Gasteiger partial charge >= 0.3 is 5.82 Å². The molecule has 1 fully saturated rings. The minimum atomic E-state index is -0.862. The Hall–Kier alpha value is -1.89. The van der Waals surface area contributed by atoms with Crippen LogP contribution in [0.3, 0.4) is 0 Å². The standard InChI is InChI=1S/C14H21N3O4/c1-10-5-7-14(19,8-6-10)9-15-13(18)11-3-4-12(16(11)2)17(20)21/h3-4,10,19H,5-9H2,1-2H3,(H,15,18). The topological polar surface area (TPSA) is 97.4 Å². The number of carbonyl (C=O) groups is 1. The van der Waals surface area contributed by atoms with Crippen molar-refractivity contribution in [1.82, 2.24) is 9.88 Å². The van der Waals surface area contributed by atoms with Crippen molar-refractivity contribution in [2.75, 3.05) is 6.54 Å². The molecule has 0 aromatic carbocycles. The smallest absolute Gasteiger partial charge is 0.323 e. The van der Waals surface area contributed by atoms with Crippen molar-refractivity contribution in [1.29, 1.82) is 0 Å². The van der Waals surface area contributed by atoms with Crippen LogP contribution in [0.15, 0.2) is 12.1 Å². The van der Waals surface area contributed by atoms with Gasteiger partial charge in [0.15, 0.2) is 5.69 Å². The number of hydrogen-bond acceptors (Lipinski definition) is 4. The van der Waals surface area contributed by atoms with E-state index in [1.54, 1.807) is 0 Å². The summed E-state index contributed by atoms with van der Waals surface area (Å²) in [6, 6.07) is 2.71. The van der Waals surface area contributed by atoms with E-state index in [9.17, 15) is 20.0 Å². The van der Waals surface area contributed by atoms with Crippen molar-refractivity contribution in [3.8, 4) is 0 Å². The molecule has 7 nitrogen and oxygen atoms in total. The van der Waals surface area contributed by atoms with E-state index < -0.39 is 16.4 Å². The molecule has 0 atom stereocenters. The summed E-state index contributed by atoms with van der Waals surface area (Å²) in [5, 5.41) is 23.9. The van der Waals surface area contributed by atoms with Crippen LogP contribution in [0.25, 0.3) is 0 Å². The fraction of sp³-hybridized carbons (Fsp3) is 0.643. The molecule has 1 aromatic rings. The molecule has 116 valence electrons. The first-order valence-electron chi connectivity index (χ1n) is 7.13. The fourth-order valence-corrected chi connectivity index (χ4v) is 2.72. The first-order valence-corrected chi connectivity index (χ1v) is 7.13. The van der Waals surface area contributed by atoms with Gasteiger partial charge in [0.05, 0.1) is 12.6 Å². The molecule has 1 aliphatic rings. The van der Waals surface area contributed by atoms with Crippen LogP contribution in [0.1, 0.15) is 43.1 Å². The first kappa shape index (κ1) is 15.5. The maximum absolute atomic E-state index is 12.1. The molecular formula is C14H21N3O4. The fourth-order valence-electron chi connectivity index (χ4n) is 2.72. The Morgan fingerprint density at radius 2 is 2.14 bits per heavy atom. The van der Waals surface area contributed by atoms with Gasteiger partial charge in [-0.25, -0.2) is 4.57 Å². The van der Waals surface area contributed by atoms with Gasteiger partial charge in [0.25, 0.3) is 5.91 Å². The highest BCUT2D eigenvalue weighted by Gasteiger charge is 2.32. The van der Waals surface area contributed by atoms with E-state index in [0.29, 0.717) is 18.8 Å². The van der Waals surface area contributed by atoms with Crippen LogP contribution < -0.4 is 5.32 Å². The van der Waals surface area contributed by atoms with E-state index in [4.69, 9.17) is 0 Å². The molecule has 0 spiro atoms. The largest absolute Gasteiger partial charge is 0.388 e. The van der Waals surface area contributed by atoms with E-state index in [2.05, 4.69) is 12.2 Å². The summed E-state index contributed by atoms with van der Waals surface area (Å²) in [6.07, 6.45) is 3.23. The van der Waals surface area contributed by atoms with Gasteiger partial charge in [0, 0.05) is 12.6 Å². The Balaban J connectivity index is 1.97. The minimum Gasteiger partial charge on any atom is -0.388 e. The zero-order valence-corrected chi connectivity index (χ0v) is 12.3. The van der Waals surface area contributed by atoms with Crippen molar-refractivity contribution < 1.29 is 14.8 Å². The number of rotatable bonds is 4. The maximum Gasteiger partial charge on any atom is 0.323 e. The highest BCUT2D eigenvalue weighted by atomic mass is 16.6. The number of amides is 1. The van der Waals surface area contributed by atoms with Crippen molar-refractivity contribution >= 4 is 11.7 Å². The maximum atomic E-state index is 12.1. The average molecular weight is 295 g/mol. The zero-order valence-electron chi connectivity index (χ0n) is 12.3. The monoisotopic (exact) mass is 295 g/mol. The lowest BCUT2D eigenvalue weighted by atomic mass is 9.79. The van der Waals surface area contributed by atoms with Crippen molar-refractivity contribution in [2.24, 2.45) is 13.0 Å². The van der Waals surface area contributed by atoms with Crippen molar-refractivity contribution in [3.63, 3.8) is 0 Å². The first-order chi connectivity index (χ1) is 9.82. The third-order valence-corrected chi connectivity index (χ3v) is 4.30.